The van der Waals surface area contributed by atoms with E-state index in [2.05, 4.69) is 62.3 Å². The Morgan fingerprint density at radius 3 is 1.21 bits per heavy atom. The lowest BCUT2D eigenvalue weighted by Gasteiger charge is -2.22. The zero-order chi connectivity index (χ0) is 9.14. The molecular weight excluding hydrogens is 219 g/mol. The van der Waals surface area contributed by atoms with Gasteiger partial charge in [0.1, 0.15) is 0 Å². The molecule has 1 rings (SSSR count). The number of para-hydroxylation sites is 2. The first-order valence-electron chi connectivity index (χ1n) is 4.06. The number of hydrogen-bond donors (Lipinski definition) is 0. The highest BCUT2D eigenvalue weighted by atomic mass is 35.5. The Kier molecular flexibility index (Phi) is 7.69. The normalized spacial score (nSPS) is 8.29. The zero-order valence-corrected chi connectivity index (χ0v) is 10.7. The van der Waals surface area contributed by atoms with Gasteiger partial charge < -0.3 is 9.80 Å². The molecule has 0 radical (unpaired) electrons. The van der Waals surface area contributed by atoms with Gasteiger partial charge in [0.25, 0.3) is 0 Å². The van der Waals surface area contributed by atoms with Crippen molar-refractivity contribution >= 4 is 36.2 Å². The molecule has 1 aromatic rings. The zero-order valence-electron chi connectivity index (χ0n) is 9.02. The third-order valence-corrected chi connectivity index (χ3v) is 1.85. The average molecular weight is 237 g/mol. The van der Waals surface area contributed by atoms with Gasteiger partial charge in [-0.2, -0.15) is 0 Å². The molecule has 0 N–H and O–H groups in total. The number of rotatable bonds is 2. The monoisotopic (exact) mass is 236 g/mol. The van der Waals surface area contributed by atoms with E-state index in [9.17, 15) is 0 Å². The molecule has 0 aromatic heterocycles. The van der Waals surface area contributed by atoms with Crippen LogP contribution in [0.25, 0.3) is 0 Å². The van der Waals surface area contributed by atoms with Crippen molar-refractivity contribution in [1.29, 1.82) is 0 Å². The number of hydrogen-bond acceptors (Lipinski definition) is 2. The Balaban J connectivity index is 0. The predicted molar refractivity (Wildman–Crippen MR) is 69.6 cm³/mol. The summed E-state index contributed by atoms with van der Waals surface area (Å²) in [5, 5.41) is 0. The van der Waals surface area contributed by atoms with Crippen LogP contribution in [0.4, 0.5) is 11.4 Å². The van der Waals surface area contributed by atoms with E-state index in [1.807, 2.05) is 0 Å². The fraction of sp³-hybridized carbons (Fsp3) is 0.400. The van der Waals surface area contributed by atoms with Gasteiger partial charge >= 0.3 is 0 Å². The minimum Gasteiger partial charge on any atom is -0.376 e. The lowest BCUT2D eigenvalue weighted by molar-refractivity contribution is 1.08. The predicted octanol–water partition coefficient (Wildman–Crippen LogP) is 2.66. The molecule has 0 fully saturated rings. The summed E-state index contributed by atoms with van der Waals surface area (Å²) < 4.78 is 0. The third kappa shape index (κ3) is 3.64. The molecule has 0 atom stereocenters. The molecule has 0 spiro atoms. The largest absolute Gasteiger partial charge is 0.376 e. The van der Waals surface area contributed by atoms with Crippen molar-refractivity contribution < 1.29 is 0 Å². The van der Waals surface area contributed by atoms with Crippen molar-refractivity contribution in [2.24, 2.45) is 0 Å². The molecule has 2 nitrogen and oxygen atoms in total. The van der Waals surface area contributed by atoms with E-state index in [1.165, 1.54) is 11.4 Å². The van der Waals surface area contributed by atoms with E-state index in [0.29, 0.717) is 0 Å². The number of benzene rings is 1. The molecule has 0 bridgehead atoms. The van der Waals surface area contributed by atoms with Crippen molar-refractivity contribution in [1.82, 2.24) is 0 Å². The van der Waals surface area contributed by atoms with Crippen molar-refractivity contribution in [3.63, 3.8) is 0 Å². The maximum atomic E-state index is 2.12. The molecule has 0 saturated carbocycles. The van der Waals surface area contributed by atoms with Crippen LogP contribution in [0.3, 0.4) is 0 Å². The van der Waals surface area contributed by atoms with E-state index < -0.39 is 0 Å². The van der Waals surface area contributed by atoms with Crippen LogP contribution in [-0.4, -0.2) is 28.2 Å². The summed E-state index contributed by atoms with van der Waals surface area (Å²) in [6.07, 6.45) is 0. The minimum absolute atomic E-state index is 0. The summed E-state index contributed by atoms with van der Waals surface area (Å²) in [5.74, 6) is 0. The Morgan fingerprint density at radius 1 is 0.714 bits per heavy atom. The summed E-state index contributed by atoms with van der Waals surface area (Å²) in [4.78, 5) is 4.24. The third-order valence-electron chi connectivity index (χ3n) is 1.85. The molecule has 0 heterocycles. The van der Waals surface area contributed by atoms with Crippen LogP contribution in [0, 0.1) is 0 Å². The van der Waals surface area contributed by atoms with Gasteiger partial charge in [-0.05, 0) is 12.1 Å². The highest BCUT2D eigenvalue weighted by molar-refractivity contribution is 5.85. The van der Waals surface area contributed by atoms with Crippen molar-refractivity contribution in [3.8, 4) is 0 Å². The first kappa shape index (κ1) is 15.9. The highest BCUT2D eigenvalue weighted by Gasteiger charge is 2.03. The van der Waals surface area contributed by atoms with Crippen molar-refractivity contribution in [3.05, 3.63) is 24.3 Å². The number of anilines is 2. The Bertz CT molecular complexity index is 235. The quantitative estimate of drug-likeness (QED) is 0.780. The fourth-order valence-electron chi connectivity index (χ4n) is 1.22. The van der Waals surface area contributed by atoms with Crippen LogP contribution in [0.2, 0.25) is 0 Å². The van der Waals surface area contributed by atoms with Crippen LogP contribution in [-0.2, 0) is 0 Å². The molecule has 0 saturated heterocycles. The molecule has 1 aromatic carbocycles. The van der Waals surface area contributed by atoms with Gasteiger partial charge in [-0.1, -0.05) is 12.1 Å². The van der Waals surface area contributed by atoms with E-state index in [4.69, 9.17) is 0 Å². The average Bonchev–Trinajstić information content (AvgIpc) is 2.04. The Labute approximate surface area is 98.7 Å². The van der Waals surface area contributed by atoms with Gasteiger partial charge in [0, 0.05) is 28.2 Å². The first-order chi connectivity index (χ1) is 5.63. The van der Waals surface area contributed by atoms with Gasteiger partial charge in [0.05, 0.1) is 11.4 Å². The summed E-state index contributed by atoms with van der Waals surface area (Å²) in [6.45, 7) is 0. The first-order valence-corrected chi connectivity index (χ1v) is 4.06. The molecule has 0 amide bonds. The van der Waals surface area contributed by atoms with Gasteiger partial charge in [-0.3, -0.25) is 0 Å². The fourth-order valence-corrected chi connectivity index (χ4v) is 1.22. The molecule has 82 valence electrons. The summed E-state index contributed by atoms with van der Waals surface area (Å²) in [5.41, 5.74) is 2.50. The van der Waals surface area contributed by atoms with Crippen LogP contribution >= 0.6 is 24.8 Å². The van der Waals surface area contributed by atoms with Gasteiger partial charge in [-0.15, -0.1) is 24.8 Å². The van der Waals surface area contributed by atoms with E-state index in [0.717, 1.165) is 0 Å². The Morgan fingerprint density at radius 2 is 1.00 bits per heavy atom. The molecule has 0 aliphatic carbocycles. The second-order valence-electron chi connectivity index (χ2n) is 3.28. The SMILES string of the molecule is CN(C)c1ccccc1N(C)C.Cl.Cl. The second kappa shape index (κ2) is 6.80. The van der Waals surface area contributed by atoms with Gasteiger partial charge in [0.2, 0.25) is 0 Å². The minimum atomic E-state index is 0. The van der Waals surface area contributed by atoms with Gasteiger partial charge in [0.15, 0.2) is 0 Å². The Hall–Kier alpha value is -0.600. The van der Waals surface area contributed by atoms with E-state index in [1.54, 1.807) is 0 Å². The summed E-state index contributed by atoms with van der Waals surface area (Å²) in [7, 11) is 8.23. The van der Waals surface area contributed by atoms with Crippen LogP contribution in [0.5, 0.6) is 0 Å². The highest BCUT2D eigenvalue weighted by Crippen LogP contribution is 2.25. The maximum Gasteiger partial charge on any atom is 0.0598 e. The lowest BCUT2D eigenvalue weighted by atomic mass is 10.2. The molecule has 14 heavy (non-hydrogen) atoms. The molecule has 4 heteroatoms. The molecular formula is C10H18Cl2N2. The van der Waals surface area contributed by atoms with E-state index in [-0.39, 0.29) is 24.8 Å². The molecule has 0 aliphatic heterocycles. The van der Waals surface area contributed by atoms with Crippen molar-refractivity contribution in [2.45, 2.75) is 0 Å². The number of halogens is 2. The smallest absolute Gasteiger partial charge is 0.0598 e. The van der Waals surface area contributed by atoms with Gasteiger partial charge in [-0.25, -0.2) is 0 Å². The topological polar surface area (TPSA) is 6.48 Å². The maximum absolute atomic E-state index is 2.12. The molecule has 0 aliphatic rings. The van der Waals surface area contributed by atoms with Crippen LogP contribution in [0.15, 0.2) is 24.3 Å². The summed E-state index contributed by atoms with van der Waals surface area (Å²) in [6, 6.07) is 8.36. The van der Waals surface area contributed by atoms with Crippen molar-refractivity contribution in [2.75, 3.05) is 38.0 Å². The standard InChI is InChI=1S/C10H16N2.2ClH/c1-11(2)9-7-5-6-8-10(9)12(3)4;;/h5-8H,1-4H3;2*1H. The second-order valence-corrected chi connectivity index (χ2v) is 3.28. The summed E-state index contributed by atoms with van der Waals surface area (Å²) >= 11 is 0. The lowest BCUT2D eigenvalue weighted by Crippen LogP contribution is -2.16. The molecule has 0 unspecified atom stereocenters. The van der Waals surface area contributed by atoms with Crippen LogP contribution in [0.1, 0.15) is 0 Å². The number of nitrogens with zero attached hydrogens (tertiary/aromatic N) is 2. The van der Waals surface area contributed by atoms with E-state index >= 15 is 0 Å². The van der Waals surface area contributed by atoms with Crippen LogP contribution < -0.4 is 9.80 Å².